The fourth-order valence-electron chi connectivity index (χ4n) is 1.74. The van der Waals surface area contributed by atoms with E-state index in [2.05, 4.69) is 4.72 Å². The van der Waals surface area contributed by atoms with Crippen molar-refractivity contribution >= 4 is 21.6 Å². The van der Waals surface area contributed by atoms with Crippen molar-refractivity contribution in [3.8, 4) is 0 Å². The summed E-state index contributed by atoms with van der Waals surface area (Å²) in [4.78, 5) is 0.169. The molecule has 0 aliphatic rings. The maximum Gasteiger partial charge on any atom is 0.241 e. The summed E-state index contributed by atoms with van der Waals surface area (Å²) < 4.78 is 27.0. The van der Waals surface area contributed by atoms with E-state index in [1.165, 1.54) is 12.1 Å². The Hall–Kier alpha value is -1.36. The largest absolute Gasteiger partial charge is 0.241 e. The van der Waals surface area contributed by atoms with Gasteiger partial charge in [0, 0.05) is 11.1 Å². The summed E-state index contributed by atoms with van der Waals surface area (Å²) in [5, 5.41) is 0.398. The molecule has 100 valence electrons. The summed E-state index contributed by atoms with van der Waals surface area (Å²) in [6.07, 6.45) is 0. The van der Waals surface area contributed by atoms with Crippen LogP contribution in [0.15, 0.2) is 59.5 Å². The molecular weight excluding hydrogens is 282 g/mol. The zero-order valence-electron chi connectivity index (χ0n) is 10.4. The first-order valence-corrected chi connectivity index (χ1v) is 7.68. The van der Waals surface area contributed by atoms with E-state index in [0.717, 1.165) is 5.56 Å². The summed E-state index contributed by atoms with van der Waals surface area (Å²) in [5.41, 5.74) is 0.910. The summed E-state index contributed by atoms with van der Waals surface area (Å²) in [6, 6.07) is 15.3. The van der Waals surface area contributed by atoms with Gasteiger partial charge in [-0.3, -0.25) is 0 Å². The molecule has 0 amide bonds. The van der Waals surface area contributed by atoms with Crippen LogP contribution in [0.1, 0.15) is 18.5 Å². The van der Waals surface area contributed by atoms with Gasteiger partial charge in [-0.1, -0.05) is 48.0 Å². The van der Waals surface area contributed by atoms with Crippen LogP contribution in [0.5, 0.6) is 0 Å². The molecule has 1 N–H and O–H groups in total. The molecular formula is C14H14ClNO2S. The smallest absolute Gasteiger partial charge is 0.207 e. The molecule has 0 fully saturated rings. The van der Waals surface area contributed by atoms with E-state index in [1.807, 2.05) is 30.3 Å². The van der Waals surface area contributed by atoms with E-state index >= 15 is 0 Å². The quantitative estimate of drug-likeness (QED) is 0.940. The van der Waals surface area contributed by atoms with Crippen LogP contribution in [0.3, 0.4) is 0 Å². The van der Waals surface area contributed by atoms with Crippen LogP contribution >= 0.6 is 11.6 Å². The van der Waals surface area contributed by atoms with Gasteiger partial charge in [0.2, 0.25) is 10.0 Å². The fourth-order valence-corrected chi connectivity index (χ4v) is 3.28. The van der Waals surface area contributed by atoms with Crippen molar-refractivity contribution in [1.29, 1.82) is 0 Å². The monoisotopic (exact) mass is 295 g/mol. The third-order valence-corrected chi connectivity index (χ3v) is 4.51. The van der Waals surface area contributed by atoms with Gasteiger partial charge in [0.25, 0.3) is 0 Å². The molecule has 0 bridgehead atoms. The Balaban J connectivity index is 2.23. The van der Waals surface area contributed by atoms with Crippen LogP contribution in [0.4, 0.5) is 0 Å². The van der Waals surface area contributed by atoms with Crippen LogP contribution in [-0.2, 0) is 10.0 Å². The lowest BCUT2D eigenvalue weighted by Gasteiger charge is -2.14. The van der Waals surface area contributed by atoms with Crippen molar-refractivity contribution in [3.63, 3.8) is 0 Å². The van der Waals surface area contributed by atoms with E-state index in [0.29, 0.717) is 5.02 Å². The molecule has 2 aromatic carbocycles. The summed E-state index contributed by atoms with van der Waals surface area (Å²) >= 11 is 5.81. The Labute approximate surface area is 118 Å². The van der Waals surface area contributed by atoms with Crippen molar-refractivity contribution in [3.05, 3.63) is 65.2 Å². The average Bonchev–Trinajstić information content (AvgIpc) is 2.39. The molecule has 0 aromatic heterocycles. The Bertz CT molecular complexity index is 656. The van der Waals surface area contributed by atoms with Gasteiger partial charge in [-0.2, -0.15) is 0 Å². The second kappa shape index (κ2) is 5.74. The van der Waals surface area contributed by atoms with E-state index in [-0.39, 0.29) is 10.9 Å². The Morgan fingerprint density at radius 3 is 2.37 bits per heavy atom. The third kappa shape index (κ3) is 3.56. The number of sulfonamides is 1. The predicted molar refractivity (Wildman–Crippen MR) is 76.6 cm³/mol. The molecule has 0 aliphatic carbocycles. The highest BCUT2D eigenvalue weighted by atomic mass is 35.5. The molecule has 0 aliphatic heterocycles. The minimum Gasteiger partial charge on any atom is -0.207 e. The van der Waals surface area contributed by atoms with Crippen LogP contribution in [0, 0.1) is 0 Å². The lowest BCUT2D eigenvalue weighted by Crippen LogP contribution is -2.26. The summed E-state index contributed by atoms with van der Waals surface area (Å²) in [7, 11) is -3.56. The first-order valence-electron chi connectivity index (χ1n) is 5.82. The molecule has 5 heteroatoms. The molecule has 2 aromatic rings. The highest BCUT2D eigenvalue weighted by molar-refractivity contribution is 7.89. The van der Waals surface area contributed by atoms with E-state index < -0.39 is 10.0 Å². The van der Waals surface area contributed by atoms with Crippen molar-refractivity contribution in [1.82, 2.24) is 4.72 Å². The molecule has 2 rings (SSSR count). The molecule has 0 heterocycles. The molecule has 0 saturated carbocycles. The standard InChI is InChI=1S/C14H14ClNO2S/c1-11(12-6-3-2-4-7-12)16-19(17,18)14-9-5-8-13(15)10-14/h2-11,16H,1H3/t11-/m1/s1. The Morgan fingerprint density at radius 1 is 1.05 bits per heavy atom. The first-order chi connectivity index (χ1) is 8.99. The number of hydrogen-bond acceptors (Lipinski definition) is 2. The minimum absolute atomic E-state index is 0.169. The molecule has 0 unspecified atom stereocenters. The van der Waals surface area contributed by atoms with Crippen molar-refractivity contribution < 1.29 is 8.42 Å². The van der Waals surface area contributed by atoms with Gasteiger partial charge in [-0.25, -0.2) is 13.1 Å². The van der Waals surface area contributed by atoms with Crippen LogP contribution in [0.25, 0.3) is 0 Å². The Morgan fingerprint density at radius 2 is 1.74 bits per heavy atom. The van der Waals surface area contributed by atoms with Crippen LogP contribution in [-0.4, -0.2) is 8.42 Å². The lowest BCUT2D eigenvalue weighted by atomic mass is 10.1. The van der Waals surface area contributed by atoms with Crippen molar-refractivity contribution in [2.75, 3.05) is 0 Å². The zero-order chi connectivity index (χ0) is 13.9. The van der Waals surface area contributed by atoms with Crippen LogP contribution in [0.2, 0.25) is 5.02 Å². The van der Waals surface area contributed by atoms with Gasteiger partial charge < -0.3 is 0 Å². The van der Waals surface area contributed by atoms with Crippen molar-refractivity contribution in [2.45, 2.75) is 17.9 Å². The lowest BCUT2D eigenvalue weighted by molar-refractivity contribution is 0.567. The summed E-state index contributed by atoms with van der Waals surface area (Å²) in [6.45, 7) is 1.80. The average molecular weight is 296 g/mol. The van der Waals surface area contributed by atoms with Crippen LogP contribution < -0.4 is 4.72 Å². The minimum atomic E-state index is -3.56. The number of rotatable bonds is 4. The molecule has 19 heavy (non-hydrogen) atoms. The van der Waals surface area contributed by atoms with E-state index in [4.69, 9.17) is 11.6 Å². The molecule has 1 atom stereocenters. The van der Waals surface area contributed by atoms with E-state index in [9.17, 15) is 8.42 Å². The number of halogens is 1. The van der Waals surface area contributed by atoms with Gasteiger partial charge in [-0.05, 0) is 30.7 Å². The normalized spacial score (nSPS) is 13.2. The Kier molecular flexibility index (Phi) is 4.24. The van der Waals surface area contributed by atoms with Gasteiger partial charge in [0.15, 0.2) is 0 Å². The second-order valence-corrected chi connectivity index (χ2v) is 6.36. The molecule has 0 saturated heterocycles. The number of nitrogens with one attached hydrogen (secondary N) is 1. The van der Waals surface area contributed by atoms with E-state index in [1.54, 1.807) is 19.1 Å². The highest BCUT2D eigenvalue weighted by Gasteiger charge is 2.18. The third-order valence-electron chi connectivity index (χ3n) is 2.74. The molecule has 0 spiro atoms. The molecule has 0 radical (unpaired) electrons. The predicted octanol–water partition coefficient (Wildman–Crippen LogP) is 3.38. The highest BCUT2D eigenvalue weighted by Crippen LogP contribution is 2.19. The second-order valence-electron chi connectivity index (χ2n) is 4.21. The fraction of sp³-hybridized carbons (Fsp3) is 0.143. The summed E-state index contributed by atoms with van der Waals surface area (Å²) in [5.74, 6) is 0. The zero-order valence-corrected chi connectivity index (χ0v) is 11.9. The maximum atomic E-state index is 12.2. The van der Waals surface area contributed by atoms with Gasteiger partial charge >= 0.3 is 0 Å². The van der Waals surface area contributed by atoms with Gasteiger partial charge in [0.1, 0.15) is 0 Å². The van der Waals surface area contributed by atoms with Gasteiger partial charge in [0.05, 0.1) is 4.90 Å². The first kappa shape index (κ1) is 14.1. The number of hydrogen-bond donors (Lipinski definition) is 1. The maximum absolute atomic E-state index is 12.2. The topological polar surface area (TPSA) is 46.2 Å². The number of benzene rings is 2. The molecule has 3 nitrogen and oxygen atoms in total. The van der Waals surface area contributed by atoms with Gasteiger partial charge in [-0.15, -0.1) is 0 Å². The SMILES string of the molecule is C[C@@H](NS(=O)(=O)c1cccc(Cl)c1)c1ccccc1. The van der Waals surface area contributed by atoms with Crippen molar-refractivity contribution in [2.24, 2.45) is 0 Å².